The molecule has 2 aliphatic rings. The first kappa shape index (κ1) is 25.2. The molecular weight excluding hydrogens is 505 g/mol. The van der Waals surface area contributed by atoms with Gasteiger partial charge in [-0.2, -0.15) is 13.2 Å². The monoisotopic (exact) mass is 520 g/mol. The fraction of sp³-hybridized carbons (Fsp3) is 0.263. The summed E-state index contributed by atoms with van der Waals surface area (Å²) in [5.74, 6) is -4.53. The van der Waals surface area contributed by atoms with Gasteiger partial charge in [-0.1, -0.05) is 29.8 Å². The van der Waals surface area contributed by atoms with Crippen LogP contribution >= 0.6 is 23.4 Å². The number of benzene rings is 1. The number of β-lactam (4-membered cyclic amide) rings is 1. The van der Waals surface area contributed by atoms with Crippen LogP contribution in [0.4, 0.5) is 18.9 Å². The Morgan fingerprint density at radius 3 is 2.50 bits per heavy atom. The standard InChI is InChI=1S/C17H15ClN4O4S.C2HF3O2/c18-9-7-27-16-13(15(24)22(16)14(9)17(25)26)21-12(23)6-20-11-5-19-10-4-2-1-3-8(10)11;3-2(4,5)1(6)7/h1-5,13,16,19-20H,6-7H2,(H,21,23)(H,25,26);(H,6,7)/t13?,16-;/m0./s1. The second kappa shape index (κ2) is 9.85. The van der Waals surface area contributed by atoms with E-state index in [4.69, 9.17) is 21.5 Å². The molecule has 3 heterocycles. The first-order chi connectivity index (χ1) is 15.9. The molecule has 2 atom stereocenters. The zero-order chi connectivity index (χ0) is 25.2. The molecule has 10 nitrogen and oxygen atoms in total. The van der Waals surface area contributed by atoms with Gasteiger partial charge in [-0.25, -0.2) is 9.59 Å². The zero-order valence-corrected chi connectivity index (χ0v) is 18.4. The van der Waals surface area contributed by atoms with Crippen LogP contribution in [0.2, 0.25) is 0 Å². The number of nitrogens with zero attached hydrogens (tertiary/aromatic N) is 1. The van der Waals surface area contributed by atoms with Crippen molar-refractivity contribution >= 4 is 63.7 Å². The van der Waals surface area contributed by atoms with Crippen LogP contribution in [0.15, 0.2) is 41.2 Å². The van der Waals surface area contributed by atoms with Gasteiger partial charge < -0.3 is 25.8 Å². The summed E-state index contributed by atoms with van der Waals surface area (Å²) < 4.78 is 31.7. The number of carboxylic acids is 2. The predicted molar refractivity (Wildman–Crippen MR) is 116 cm³/mol. The van der Waals surface area contributed by atoms with Gasteiger partial charge in [0.2, 0.25) is 5.91 Å². The molecule has 15 heteroatoms. The van der Waals surface area contributed by atoms with E-state index in [9.17, 15) is 32.7 Å². The van der Waals surface area contributed by atoms with Crippen molar-refractivity contribution in [3.8, 4) is 0 Å². The van der Waals surface area contributed by atoms with Crippen LogP contribution in [0.3, 0.4) is 0 Å². The predicted octanol–water partition coefficient (Wildman–Crippen LogP) is 2.15. The molecule has 4 rings (SSSR count). The fourth-order valence-corrected chi connectivity index (χ4v) is 4.75. The molecule has 182 valence electrons. The Morgan fingerprint density at radius 2 is 1.88 bits per heavy atom. The summed E-state index contributed by atoms with van der Waals surface area (Å²) in [6.45, 7) is -0.00853. The molecule has 2 amide bonds. The molecule has 0 spiro atoms. The van der Waals surface area contributed by atoms with Crippen LogP contribution in [0, 0.1) is 0 Å². The smallest absolute Gasteiger partial charge is 0.477 e. The maximum Gasteiger partial charge on any atom is 0.490 e. The number of alkyl halides is 3. The van der Waals surface area contributed by atoms with Crippen LogP contribution < -0.4 is 10.6 Å². The number of H-pyrrole nitrogens is 1. The van der Waals surface area contributed by atoms with Crippen molar-refractivity contribution in [3.05, 3.63) is 41.2 Å². The number of aromatic amines is 1. The number of carbonyl (C=O) groups is 4. The molecule has 1 fully saturated rings. The Kier molecular flexibility index (Phi) is 7.31. The molecule has 0 aliphatic carbocycles. The highest BCUT2D eigenvalue weighted by Crippen LogP contribution is 2.41. The fourth-order valence-electron chi connectivity index (χ4n) is 3.20. The molecule has 34 heavy (non-hydrogen) atoms. The number of aliphatic carboxylic acids is 2. The van der Waals surface area contributed by atoms with Gasteiger partial charge in [0.05, 0.1) is 17.3 Å². The van der Waals surface area contributed by atoms with Gasteiger partial charge >= 0.3 is 18.1 Å². The third kappa shape index (κ3) is 5.22. The third-order valence-corrected chi connectivity index (χ3v) is 6.46. The number of hydrogen-bond acceptors (Lipinski definition) is 6. The van der Waals surface area contributed by atoms with Crippen LogP contribution in [0.25, 0.3) is 10.9 Å². The van der Waals surface area contributed by atoms with Gasteiger partial charge in [-0.05, 0) is 6.07 Å². The summed E-state index contributed by atoms with van der Waals surface area (Å²) in [7, 11) is 0. The zero-order valence-electron chi connectivity index (χ0n) is 16.9. The lowest BCUT2D eigenvalue weighted by Crippen LogP contribution is -2.70. The van der Waals surface area contributed by atoms with Crippen molar-refractivity contribution in [1.29, 1.82) is 0 Å². The number of aromatic nitrogens is 1. The van der Waals surface area contributed by atoms with E-state index in [2.05, 4.69) is 15.6 Å². The van der Waals surface area contributed by atoms with Gasteiger partial charge in [0.15, 0.2) is 0 Å². The molecule has 2 aromatic rings. The van der Waals surface area contributed by atoms with Crippen molar-refractivity contribution in [3.63, 3.8) is 0 Å². The number of hydrogen-bond donors (Lipinski definition) is 5. The maximum atomic E-state index is 12.3. The van der Waals surface area contributed by atoms with E-state index in [1.165, 1.54) is 11.8 Å². The molecule has 1 aromatic carbocycles. The van der Waals surface area contributed by atoms with Gasteiger partial charge in [0, 0.05) is 22.9 Å². The Labute approximate surface area is 198 Å². The summed E-state index contributed by atoms with van der Waals surface area (Å²) in [4.78, 5) is 49.0. The highest BCUT2D eigenvalue weighted by Gasteiger charge is 2.54. The lowest BCUT2D eigenvalue weighted by atomic mass is 10.1. The minimum absolute atomic E-state index is 0.00853. The quantitative estimate of drug-likeness (QED) is 0.376. The van der Waals surface area contributed by atoms with E-state index in [1.807, 2.05) is 24.3 Å². The molecule has 1 unspecified atom stereocenters. The van der Waals surface area contributed by atoms with E-state index < -0.39 is 35.4 Å². The van der Waals surface area contributed by atoms with Crippen molar-refractivity contribution < 1.29 is 42.6 Å². The van der Waals surface area contributed by atoms with E-state index in [-0.39, 0.29) is 28.9 Å². The molecule has 2 aliphatic heterocycles. The van der Waals surface area contributed by atoms with Gasteiger partial charge in [-0.15, -0.1) is 11.8 Å². The number of para-hydroxylation sites is 1. The van der Waals surface area contributed by atoms with E-state index in [0.29, 0.717) is 0 Å². The van der Waals surface area contributed by atoms with Crippen molar-refractivity contribution in [2.24, 2.45) is 0 Å². The van der Waals surface area contributed by atoms with Crippen LogP contribution in [-0.4, -0.2) is 73.7 Å². The van der Waals surface area contributed by atoms with Gasteiger partial charge in [0.1, 0.15) is 17.1 Å². The summed E-state index contributed by atoms with van der Waals surface area (Å²) in [5, 5.41) is 22.7. The van der Waals surface area contributed by atoms with Crippen molar-refractivity contribution in [2.75, 3.05) is 17.6 Å². The largest absolute Gasteiger partial charge is 0.490 e. The van der Waals surface area contributed by atoms with Crippen LogP contribution in [-0.2, 0) is 19.2 Å². The highest BCUT2D eigenvalue weighted by atomic mass is 35.5. The number of halogens is 4. The Bertz CT molecular complexity index is 1180. The van der Waals surface area contributed by atoms with Crippen molar-refractivity contribution in [1.82, 2.24) is 15.2 Å². The van der Waals surface area contributed by atoms with Crippen LogP contribution in [0.5, 0.6) is 0 Å². The number of nitrogens with one attached hydrogen (secondary N) is 3. The Balaban J connectivity index is 0.000000406. The molecule has 0 radical (unpaired) electrons. The van der Waals surface area contributed by atoms with E-state index >= 15 is 0 Å². The van der Waals surface area contributed by atoms with Crippen LogP contribution in [0.1, 0.15) is 0 Å². The number of rotatable bonds is 5. The maximum absolute atomic E-state index is 12.3. The number of fused-ring (bicyclic) bond motifs is 2. The van der Waals surface area contributed by atoms with Crippen molar-refractivity contribution in [2.45, 2.75) is 17.6 Å². The molecule has 1 aromatic heterocycles. The lowest BCUT2D eigenvalue weighted by Gasteiger charge is -2.48. The minimum Gasteiger partial charge on any atom is -0.477 e. The molecule has 0 bridgehead atoms. The van der Waals surface area contributed by atoms with E-state index in [1.54, 1.807) is 6.20 Å². The SMILES string of the molecule is O=C(CNc1c[nH]c2ccccc12)NC1C(=O)N2C(C(=O)O)=C(Cl)CS[C@@H]12.O=C(O)C(F)(F)F. The minimum atomic E-state index is -5.08. The summed E-state index contributed by atoms with van der Waals surface area (Å²) in [5.41, 5.74) is 1.54. The average molecular weight is 521 g/mol. The third-order valence-electron chi connectivity index (χ3n) is 4.71. The molecule has 5 N–H and O–H groups in total. The Hall–Kier alpha value is -3.39. The Morgan fingerprint density at radius 1 is 1.24 bits per heavy atom. The summed E-state index contributed by atoms with van der Waals surface area (Å²) >= 11 is 7.25. The summed E-state index contributed by atoms with van der Waals surface area (Å²) in [6.07, 6.45) is -3.31. The second-order valence-corrected chi connectivity index (χ2v) is 8.48. The number of thioether (sulfide) groups is 1. The molecule has 1 saturated heterocycles. The molecule has 0 saturated carbocycles. The summed E-state index contributed by atoms with van der Waals surface area (Å²) in [6, 6.07) is 6.92. The lowest BCUT2D eigenvalue weighted by molar-refractivity contribution is -0.192. The van der Waals surface area contributed by atoms with Gasteiger partial charge in [0.25, 0.3) is 5.91 Å². The number of amides is 2. The highest BCUT2D eigenvalue weighted by molar-refractivity contribution is 8.00. The number of carboxylic acid groups (broad SMARTS) is 2. The normalized spacial score (nSPS) is 19.5. The topological polar surface area (TPSA) is 152 Å². The second-order valence-electron chi connectivity index (χ2n) is 6.92. The van der Waals surface area contributed by atoms with E-state index in [0.717, 1.165) is 21.5 Å². The average Bonchev–Trinajstić information content (AvgIpc) is 3.18. The molecular formula is C19H16ClF3N4O6S. The van der Waals surface area contributed by atoms with Gasteiger partial charge in [-0.3, -0.25) is 14.5 Å². The number of anilines is 1. The first-order valence-electron chi connectivity index (χ1n) is 9.38. The first-order valence-corrected chi connectivity index (χ1v) is 10.8. The number of carbonyl (C=O) groups excluding carboxylic acids is 2.